The van der Waals surface area contributed by atoms with Gasteiger partial charge in [0.1, 0.15) is 11.3 Å². The Balaban J connectivity index is 1.55. The first-order chi connectivity index (χ1) is 15.0. The highest BCUT2D eigenvalue weighted by atomic mass is 16.5. The maximum atomic E-state index is 12.6. The van der Waals surface area contributed by atoms with Crippen LogP contribution in [0.5, 0.6) is 6.01 Å². The first kappa shape index (κ1) is 21.1. The number of nitrogens with zero attached hydrogens (tertiary/aromatic N) is 6. The third kappa shape index (κ3) is 4.79. The van der Waals surface area contributed by atoms with Crippen molar-refractivity contribution < 1.29 is 4.74 Å². The molecule has 0 aromatic carbocycles. The highest BCUT2D eigenvalue weighted by molar-refractivity contribution is 5.81. The minimum absolute atomic E-state index is 0.186. The van der Waals surface area contributed by atoms with Gasteiger partial charge < -0.3 is 25.3 Å². The van der Waals surface area contributed by atoms with E-state index in [1.807, 2.05) is 18.3 Å². The summed E-state index contributed by atoms with van der Waals surface area (Å²) >= 11 is 0. The zero-order chi connectivity index (χ0) is 21.8. The van der Waals surface area contributed by atoms with Crippen LogP contribution in [-0.2, 0) is 6.54 Å². The van der Waals surface area contributed by atoms with Crippen molar-refractivity contribution in [3.05, 3.63) is 34.4 Å². The SMILES string of the molecule is CCCCOc1nc(N)c2[nH]c(=O)n(Cc3ccc(N4CCCN(C)CC4)nc3)c2n1. The van der Waals surface area contributed by atoms with E-state index < -0.39 is 0 Å². The van der Waals surface area contributed by atoms with E-state index in [4.69, 9.17) is 10.5 Å². The van der Waals surface area contributed by atoms with Crippen LogP contribution in [0.15, 0.2) is 23.1 Å². The number of unbranched alkanes of at least 4 members (excludes halogenated alkanes) is 1. The number of nitrogen functional groups attached to an aromatic ring is 1. The van der Waals surface area contributed by atoms with Gasteiger partial charge in [0, 0.05) is 25.8 Å². The summed E-state index contributed by atoms with van der Waals surface area (Å²) in [7, 11) is 2.15. The molecule has 4 heterocycles. The largest absolute Gasteiger partial charge is 0.463 e. The van der Waals surface area contributed by atoms with E-state index in [1.165, 1.54) is 4.57 Å². The number of ether oxygens (including phenoxy) is 1. The molecule has 0 aliphatic carbocycles. The number of aromatic nitrogens is 5. The molecule has 0 amide bonds. The van der Waals surface area contributed by atoms with E-state index in [-0.39, 0.29) is 17.5 Å². The molecule has 1 aliphatic heterocycles. The molecule has 166 valence electrons. The van der Waals surface area contributed by atoms with Crippen molar-refractivity contribution in [2.45, 2.75) is 32.7 Å². The lowest BCUT2D eigenvalue weighted by atomic mass is 10.2. The quantitative estimate of drug-likeness (QED) is 0.545. The summed E-state index contributed by atoms with van der Waals surface area (Å²) in [6.45, 7) is 7.01. The maximum Gasteiger partial charge on any atom is 0.328 e. The van der Waals surface area contributed by atoms with Gasteiger partial charge in [-0.3, -0.25) is 4.57 Å². The summed E-state index contributed by atoms with van der Waals surface area (Å²) < 4.78 is 7.14. The summed E-state index contributed by atoms with van der Waals surface area (Å²) in [4.78, 5) is 33.2. The maximum absolute atomic E-state index is 12.6. The summed E-state index contributed by atoms with van der Waals surface area (Å²) in [6.07, 6.45) is 4.84. The Morgan fingerprint density at radius 3 is 2.84 bits per heavy atom. The first-order valence-corrected chi connectivity index (χ1v) is 10.8. The van der Waals surface area contributed by atoms with E-state index >= 15 is 0 Å². The van der Waals surface area contributed by atoms with Crippen LogP contribution in [-0.4, -0.2) is 69.2 Å². The number of aromatic amines is 1. The Bertz CT molecular complexity index is 1080. The fraction of sp³-hybridized carbons (Fsp3) is 0.524. The number of nitrogens with two attached hydrogens (primary N) is 1. The minimum atomic E-state index is -0.290. The number of H-pyrrole nitrogens is 1. The zero-order valence-electron chi connectivity index (χ0n) is 18.2. The van der Waals surface area contributed by atoms with Crippen LogP contribution in [0, 0.1) is 0 Å². The van der Waals surface area contributed by atoms with Gasteiger partial charge in [0.25, 0.3) is 0 Å². The van der Waals surface area contributed by atoms with Crippen LogP contribution < -0.4 is 21.1 Å². The average molecular weight is 427 g/mol. The van der Waals surface area contributed by atoms with Crippen molar-refractivity contribution >= 4 is 22.8 Å². The smallest absolute Gasteiger partial charge is 0.328 e. The van der Waals surface area contributed by atoms with Crippen molar-refractivity contribution in [3.8, 4) is 6.01 Å². The third-order valence-electron chi connectivity index (χ3n) is 5.55. The molecule has 1 saturated heterocycles. The Hall–Kier alpha value is -3.14. The number of anilines is 2. The second-order valence-corrected chi connectivity index (χ2v) is 7.98. The van der Waals surface area contributed by atoms with Gasteiger partial charge >= 0.3 is 11.7 Å². The molecule has 3 aromatic heterocycles. The van der Waals surface area contributed by atoms with Crippen LogP contribution >= 0.6 is 0 Å². The van der Waals surface area contributed by atoms with E-state index in [9.17, 15) is 4.79 Å². The Morgan fingerprint density at radius 1 is 1.19 bits per heavy atom. The Kier molecular flexibility index (Phi) is 6.36. The molecular formula is C21H30N8O2. The molecule has 0 spiro atoms. The number of pyridine rings is 1. The number of hydrogen-bond donors (Lipinski definition) is 2. The average Bonchev–Trinajstić information content (AvgIpc) is 2.92. The van der Waals surface area contributed by atoms with Crippen LogP contribution in [0.1, 0.15) is 31.7 Å². The highest BCUT2D eigenvalue weighted by Crippen LogP contribution is 2.19. The summed E-state index contributed by atoms with van der Waals surface area (Å²) in [5, 5.41) is 0. The van der Waals surface area contributed by atoms with Crippen molar-refractivity contribution in [1.82, 2.24) is 29.4 Å². The molecule has 31 heavy (non-hydrogen) atoms. The number of nitrogens with one attached hydrogen (secondary N) is 1. The van der Waals surface area contributed by atoms with Gasteiger partial charge in [0.2, 0.25) is 0 Å². The van der Waals surface area contributed by atoms with E-state index in [0.29, 0.717) is 24.3 Å². The number of imidazole rings is 1. The monoisotopic (exact) mass is 426 g/mol. The predicted octanol–water partition coefficient (Wildman–Crippen LogP) is 1.47. The summed E-state index contributed by atoms with van der Waals surface area (Å²) in [6, 6.07) is 4.21. The van der Waals surface area contributed by atoms with Crippen molar-refractivity contribution in [2.24, 2.45) is 0 Å². The molecule has 0 saturated carbocycles. The van der Waals surface area contributed by atoms with Crippen molar-refractivity contribution in [1.29, 1.82) is 0 Å². The highest BCUT2D eigenvalue weighted by Gasteiger charge is 2.16. The fourth-order valence-corrected chi connectivity index (χ4v) is 3.71. The lowest BCUT2D eigenvalue weighted by Crippen LogP contribution is -2.29. The van der Waals surface area contributed by atoms with Gasteiger partial charge in [-0.15, -0.1) is 0 Å². The summed E-state index contributed by atoms with van der Waals surface area (Å²) in [5.41, 5.74) is 7.50. The van der Waals surface area contributed by atoms with Crippen molar-refractivity contribution in [3.63, 3.8) is 0 Å². The number of rotatable bonds is 7. The number of likely N-dealkylation sites (N-methyl/N-ethyl adjacent to an activating group) is 1. The van der Waals surface area contributed by atoms with Gasteiger partial charge in [0.05, 0.1) is 13.2 Å². The second-order valence-electron chi connectivity index (χ2n) is 7.98. The molecular weight excluding hydrogens is 396 g/mol. The van der Waals surface area contributed by atoms with Gasteiger partial charge in [-0.05, 0) is 38.1 Å². The van der Waals surface area contributed by atoms with Crippen LogP contribution in [0.25, 0.3) is 11.2 Å². The lowest BCUT2D eigenvalue weighted by Gasteiger charge is -2.21. The van der Waals surface area contributed by atoms with E-state index in [2.05, 4.69) is 43.7 Å². The molecule has 0 atom stereocenters. The molecule has 0 bridgehead atoms. The molecule has 10 nitrogen and oxygen atoms in total. The number of hydrogen-bond acceptors (Lipinski definition) is 8. The number of fused-ring (bicyclic) bond motifs is 1. The molecule has 0 radical (unpaired) electrons. The Morgan fingerprint density at radius 2 is 2.06 bits per heavy atom. The van der Waals surface area contributed by atoms with Crippen molar-refractivity contribution in [2.75, 3.05) is 50.5 Å². The van der Waals surface area contributed by atoms with Gasteiger partial charge in [-0.1, -0.05) is 19.4 Å². The molecule has 1 fully saturated rings. The minimum Gasteiger partial charge on any atom is -0.463 e. The zero-order valence-corrected chi connectivity index (χ0v) is 18.2. The fourth-order valence-electron chi connectivity index (χ4n) is 3.71. The molecule has 4 rings (SSSR count). The normalized spacial score (nSPS) is 15.4. The second kappa shape index (κ2) is 9.34. The Labute approximate surface area is 181 Å². The molecule has 3 N–H and O–H groups in total. The first-order valence-electron chi connectivity index (χ1n) is 10.8. The third-order valence-corrected chi connectivity index (χ3v) is 5.55. The van der Waals surface area contributed by atoms with E-state index in [1.54, 1.807) is 0 Å². The van der Waals surface area contributed by atoms with Crippen LogP contribution in [0.2, 0.25) is 0 Å². The molecule has 10 heteroatoms. The molecule has 1 aliphatic rings. The van der Waals surface area contributed by atoms with Gasteiger partial charge in [0.15, 0.2) is 11.5 Å². The van der Waals surface area contributed by atoms with E-state index in [0.717, 1.165) is 56.8 Å². The predicted molar refractivity (Wildman–Crippen MR) is 121 cm³/mol. The molecule has 3 aromatic rings. The summed E-state index contributed by atoms with van der Waals surface area (Å²) in [5.74, 6) is 1.16. The van der Waals surface area contributed by atoms with Gasteiger partial charge in [-0.2, -0.15) is 9.97 Å². The topological polar surface area (TPSA) is 118 Å². The molecule has 0 unspecified atom stereocenters. The van der Waals surface area contributed by atoms with Crippen LogP contribution in [0.3, 0.4) is 0 Å². The lowest BCUT2D eigenvalue weighted by molar-refractivity contribution is 0.286. The standard InChI is InChI=1S/C21H30N8O2/c1-3-4-12-31-20-25-18(22)17-19(26-20)29(21(30)24-17)14-15-6-7-16(23-13-15)28-9-5-8-27(2)10-11-28/h6-7,13H,3-5,8-12,14H2,1-2H3,(H,24,30)(H2,22,25,26). The van der Waals surface area contributed by atoms with Crippen LogP contribution in [0.4, 0.5) is 11.6 Å². The van der Waals surface area contributed by atoms with Gasteiger partial charge in [-0.25, -0.2) is 9.78 Å².